The largest absolute Gasteiger partial charge is 0.339 e. The van der Waals surface area contributed by atoms with Crippen molar-refractivity contribution in [2.24, 2.45) is 5.92 Å². The van der Waals surface area contributed by atoms with Crippen LogP contribution in [0, 0.1) is 5.92 Å². The lowest BCUT2D eigenvalue weighted by molar-refractivity contribution is 0.0739. The number of carbonyl (C=O) groups is 1. The summed E-state index contributed by atoms with van der Waals surface area (Å²) >= 11 is 7.46. The second kappa shape index (κ2) is 8.47. The number of aromatic nitrogens is 2. The van der Waals surface area contributed by atoms with Gasteiger partial charge in [-0.15, -0.1) is 11.3 Å². The number of hydrogen-bond donors (Lipinski definition) is 0. The van der Waals surface area contributed by atoms with Crippen molar-refractivity contribution in [1.82, 2.24) is 15.0 Å². The minimum atomic E-state index is 0.0447. The molecule has 2 heterocycles. The van der Waals surface area contributed by atoms with Gasteiger partial charge >= 0.3 is 0 Å². The highest BCUT2D eigenvalue weighted by atomic mass is 35.5. The number of halogens is 1. The lowest BCUT2D eigenvalue weighted by Gasteiger charge is -2.23. The summed E-state index contributed by atoms with van der Waals surface area (Å²) in [6.45, 7) is 5.41. The second-order valence-electron chi connectivity index (χ2n) is 6.39. The molecular formula is C19H20ClN3O2S. The van der Waals surface area contributed by atoms with Gasteiger partial charge in [-0.3, -0.25) is 4.79 Å². The van der Waals surface area contributed by atoms with Crippen LogP contribution >= 0.6 is 22.9 Å². The van der Waals surface area contributed by atoms with E-state index in [1.54, 1.807) is 12.1 Å². The average molecular weight is 390 g/mol. The topological polar surface area (TPSA) is 59.2 Å². The van der Waals surface area contributed by atoms with Crippen molar-refractivity contribution >= 4 is 28.8 Å². The van der Waals surface area contributed by atoms with Crippen LogP contribution in [-0.4, -0.2) is 34.0 Å². The summed E-state index contributed by atoms with van der Waals surface area (Å²) < 4.78 is 5.35. The van der Waals surface area contributed by atoms with E-state index in [0.717, 1.165) is 10.4 Å². The molecule has 0 bridgehead atoms. The zero-order valence-corrected chi connectivity index (χ0v) is 16.3. The molecule has 3 rings (SSSR count). The van der Waals surface area contributed by atoms with Gasteiger partial charge in [-0.05, 0) is 29.5 Å². The minimum absolute atomic E-state index is 0.0447. The zero-order chi connectivity index (χ0) is 18.5. The average Bonchev–Trinajstić information content (AvgIpc) is 3.29. The molecule has 0 aliphatic heterocycles. The van der Waals surface area contributed by atoms with E-state index in [1.807, 2.05) is 34.5 Å². The molecular weight excluding hydrogens is 370 g/mol. The summed E-state index contributed by atoms with van der Waals surface area (Å²) in [5.41, 5.74) is 0.807. The van der Waals surface area contributed by atoms with Crippen LogP contribution in [0.2, 0.25) is 5.02 Å². The van der Waals surface area contributed by atoms with Crippen molar-refractivity contribution in [3.05, 3.63) is 57.6 Å². The Balaban J connectivity index is 1.68. The number of thiophene rings is 1. The predicted octanol–water partition coefficient (Wildman–Crippen LogP) is 4.79. The molecule has 0 fully saturated rings. The number of hydrogen-bond acceptors (Lipinski definition) is 5. The number of benzene rings is 1. The molecule has 1 aromatic carbocycles. The minimum Gasteiger partial charge on any atom is -0.339 e. The van der Waals surface area contributed by atoms with Gasteiger partial charge in [0.25, 0.3) is 5.91 Å². The van der Waals surface area contributed by atoms with Crippen molar-refractivity contribution in [2.45, 2.75) is 20.3 Å². The number of amides is 1. The van der Waals surface area contributed by atoms with Gasteiger partial charge in [0.05, 0.1) is 4.88 Å². The molecule has 0 atom stereocenters. The van der Waals surface area contributed by atoms with E-state index in [4.69, 9.17) is 16.1 Å². The van der Waals surface area contributed by atoms with Crippen molar-refractivity contribution in [1.29, 1.82) is 0 Å². The third-order valence-corrected chi connectivity index (χ3v) is 4.84. The SMILES string of the molecule is CC(C)CN(CCc1nc(-c2cccc(Cl)c2)no1)C(=O)c1cccs1. The van der Waals surface area contributed by atoms with Gasteiger partial charge in [-0.25, -0.2) is 0 Å². The molecule has 0 saturated carbocycles. The summed E-state index contributed by atoms with van der Waals surface area (Å²) in [5.74, 6) is 1.43. The van der Waals surface area contributed by atoms with Crippen LogP contribution in [0.15, 0.2) is 46.3 Å². The maximum Gasteiger partial charge on any atom is 0.263 e. The monoisotopic (exact) mass is 389 g/mol. The normalized spacial score (nSPS) is 11.1. The highest BCUT2D eigenvalue weighted by Gasteiger charge is 2.19. The standard InChI is InChI=1S/C19H20ClN3O2S/c1-13(2)12-23(19(24)16-7-4-10-26-16)9-8-17-21-18(22-25-17)14-5-3-6-15(20)11-14/h3-7,10-11,13H,8-9,12H2,1-2H3. The van der Waals surface area contributed by atoms with Crippen molar-refractivity contribution < 1.29 is 9.32 Å². The molecule has 0 saturated heterocycles. The molecule has 0 aliphatic rings. The number of rotatable bonds is 7. The van der Waals surface area contributed by atoms with Crippen LogP contribution in [0.3, 0.4) is 0 Å². The maximum atomic E-state index is 12.7. The fraction of sp³-hybridized carbons (Fsp3) is 0.316. The summed E-state index contributed by atoms with van der Waals surface area (Å²) in [4.78, 5) is 19.7. The Morgan fingerprint density at radius 1 is 1.31 bits per heavy atom. The van der Waals surface area contributed by atoms with E-state index in [-0.39, 0.29) is 5.91 Å². The molecule has 3 aromatic rings. The van der Waals surface area contributed by atoms with Crippen LogP contribution in [0.25, 0.3) is 11.4 Å². The predicted molar refractivity (Wildman–Crippen MR) is 104 cm³/mol. The van der Waals surface area contributed by atoms with Gasteiger partial charge in [-0.2, -0.15) is 4.98 Å². The highest BCUT2D eigenvalue weighted by molar-refractivity contribution is 7.12. The molecule has 0 radical (unpaired) electrons. The van der Waals surface area contributed by atoms with Crippen LogP contribution < -0.4 is 0 Å². The molecule has 0 spiro atoms. The molecule has 7 heteroatoms. The molecule has 136 valence electrons. The fourth-order valence-corrected chi connectivity index (χ4v) is 3.49. The Bertz CT molecular complexity index is 861. The smallest absolute Gasteiger partial charge is 0.263 e. The fourth-order valence-electron chi connectivity index (χ4n) is 2.60. The van der Waals surface area contributed by atoms with Crippen molar-refractivity contribution in [2.75, 3.05) is 13.1 Å². The zero-order valence-electron chi connectivity index (χ0n) is 14.7. The Morgan fingerprint density at radius 3 is 2.85 bits per heavy atom. The number of carbonyl (C=O) groups excluding carboxylic acids is 1. The third-order valence-electron chi connectivity index (χ3n) is 3.75. The first-order chi connectivity index (χ1) is 12.5. The summed E-state index contributed by atoms with van der Waals surface area (Å²) in [7, 11) is 0. The molecule has 2 aromatic heterocycles. The van der Waals surface area contributed by atoms with Gasteiger partial charge in [0.15, 0.2) is 0 Å². The Labute approximate surface area is 161 Å². The maximum absolute atomic E-state index is 12.7. The van der Waals surface area contributed by atoms with Gasteiger partial charge < -0.3 is 9.42 Å². The van der Waals surface area contributed by atoms with E-state index >= 15 is 0 Å². The van der Waals surface area contributed by atoms with E-state index in [2.05, 4.69) is 24.0 Å². The molecule has 0 N–H and O–H groups in total. The van der Waals surface area contributed by atoms with Crippen LogP contribution in [0.4, 0.5) is 0 Å². The molecule has 0 aliphatic carbocycles. The van der Waals surface area contributed by atoms with Crippen LogP contribution in [0.5, 0.6) is 0 Å². The summed E-state index contributed by atoms with van der Waals surface area (Å²) in [6, 6.07) is 11.1. The lowest BCUT2D eigenvalue weighted by atomic mass is 10.2. The Kier molecular flexibility index (Phi) is 6.06. The molecule has 0 unspecified atom stereocenters. The molecule has 1 amide bonds. The number of nitrogens with zero attached hydrogens (tertiary/aromatic N) is 3. The first-order valence-corrected chi connectivity index (χ1v) is 9.70. The lowest BCUT2D eigenvalue weighted by Crippen LogP contribution is -2.35. The summed E-state index contributed by atoms with van der Waals surface area (Å²) in [5, 5.41) is 6.55. The quantitative estimate of drug-likeness (QED) is 0.582. The van der Waals surface area contributed by atoms with Crippen molar-refractivity contribution in [3.8, 4) is 11.4 Å². The van der Waals surface area contributed by atoms with Gasteiger partial charge in [0, 0.05) is 30.1 Å². The summed E-state index contributed by atoms with van der Waals surface area (Å²) in [6.07, 6.45) is 0.511. The first-order valence-electron chi connectivity index (χ1n) is 8.44. The van der Waals surface area contributed by atoms with Gasteiger partial charge in [-0.1, -0.05) is 48.8 Å². The highest BCUT2D eigenvalue weighted by Crippen LogP contribution is 2.20. The van der Waals surface area contributed by atoms with E-state index < -0.39 is 0 Å². The van der Waals surface area contributed by atoms with Gasteiger partial charge in [0.1, 0.15) is 0 Å². The third kappa shape index (κ3) is 4.71. The van der Waals surface area contributed by atoms with Crippen molar-refractivity contribution in [3.63, 3.8) is 0 Å². The van der Waals surface area contributed by atoms with Crippen LogP contribution in [0.1, 0.15) is 29.4 Å². The van der Waals surface area contributed by atoms with E-state index in [0.29, 0.717) is 42.2 Å². The Morgan fingerprint density at radius 2 is 2.15 bits per heavy atom. The Hall–Kier alpha value is -2.18. The van der Waals surface area contributed by atoms with Crippen LogP contribution in [-0.2, 0) is 6.42 Å². The molecule has 5 nitrogen and oxygen atoms in total. The van der Waals surface area contributed by atoms with E-state index in [1.165, 1.54) is 11.3 Å². The second-order valence-corrected chi connectivity index (χ2v) is 7.78. The first kappa shape index (κ1) is 18.6. The molecule has 26 heavy (non-hydrogen) atoms. The van der Waals surface area contributed by atoms with E-state index in [9.17, 15) is 4.79 Å². The van der Waals surface area contributed by atoms with Gasteiger partial charge in [0.2, 0.25) is 11.7 Å².